The van der Waals surface area contributed by atoms with Gasteiger partial charge in [-0.1, -0.05) is 13.8 Å². The lowest BCUT2D eigenvalue weighted by atomic mass is 10.1. The second-order valence-electron chi connectivity index (χ2n) is 6.25. The first-order valence-corrected chi connectivity index (χ1v) is 6.74. The quantitative estimate of drug-likeness (QED) is 0.823. The fourth-order valence-electron chi connectivity index (χ4n) is 2.36. The molecule has 0 spiro atoms. The highest BCUT2D eigenvalue weighted by atomic mass is 16.5. The predicted octanol–water partition coefficient (Wildman–Crippen LogP) is 2.66. The Labute approximate surface area is 114 Å². The molecule has 0 unspecified atom stereocenters. The van der Waals surface area contributed by atoms with E-state index in [4.69, 9.17) is 4.74 Å². The van der Waals surface area contributed by atoms with Gasteiger partial charge in [0.2, 0.25) is 5.88 Å². The molecule has 2 heterocycles. The Hall–Kier alpha value is -1.58. The number of hydrogen-bond acceptors (Lipinski definition) is 3. The molecule has 0 saturated carbocycles. The average Bonchev–Trinajstić information content (AvgIpc) is 2.33. The molecular formula is C15H22N2O2. The Morgan fingerprint density at radius 1 is 1.42 bits per heavy atom. The van der Waals surface area contributed by atoms with Crippen molar-refractivity contribution in [2.75, 3.05) is 13.1 Å². The summed E-state index contributed by atoms with van der Waals surface area (Å²) >= 11 is 0. The molecule has 1 aromatic heterocycles. The van der Waals surface area contributed by atoms with Crippen LogP contribution in [0.4, 0.5) is 0 Å². The van der Waals surface area contributed by atoms with Gasteiger partial charge in [-0.15, -0.1) is 0 Å². The van der Waals surface area contributed by atoms with E-state index in [1.165, 1.54) is 0 Å². The molecule has 0 saturated heterocycles. The summed E-state index contributed by atoms with van der Waals surface area (Å²) in [5.41, 5.74) is 1.01. The molecule has 1 aromatic rings. The molecule has 0 fully saturated rings. The van der Waals surface area contributed by atoms with Gasteiger partial charge in [-0.25, -0.2) is 4.98 Å². The van der Waals surface area contributed by atoms with Crippen LogP contribution in [0.25, 0.3) is 0 Å². The van der Waals surface area contributed by atoms with Crippen LogP contribution in [0.5, 0.6) is 5.88 Å². The van der Waals surface area contributed by atoms with Gasteiger partial charge in [-0.05, 0) is 38.8 Å². The van der Waals surface area contributed by atoms with Crippen molar-refractivity contribution < 1.29 is 9.53 Å². The summed E-state index contributed by atoms with van der Waals surface area (Å²) in [5, 5.41) is 0. The maximum absolute atomic E-state index is 12.6. The number of rotatable bonds is 2. The highest BCUT2D eigenvalue weighted by Gasteiger charge is 2.34. The fraction of sp³-hybridized carbons (Fsp3) is 0.600. The zero-order valence-corrected chi connectivity index (χ0v) is 12.4. The zero-order chi connectivity index (χ0) is 14.2. The van der Waals surface area contributed by atoms with Gasteiger partial charge >= 0.3 is 0 Å². The molecular weight excluding hydrogens is 240 g/mol. The summed E-state index contributed by atoms with van der Waals surface area (Å²) in [4.78, 5) is 18.8. The van der Waals surface area contributed by atoms with Gasteiger partial charge in [0.15, 0.2) is 0 Å². The van der Waals surface area contributed by atoms with Gasteiger partial charge < -0.3 is 9.64 Å². The first kappa shape index (κ1) is 13.8. The molecule has 0 aromatic carbocycles. The Kier molecular flexibility index (Phi) is 3.52. The van der Waals surface area contributed by atoms with E-state index in [1.54, 1.807) is 0 Å². The molecule has 1 aliphatic heterocycles. The van der Waals surface area contributed by atoms with Crippen molar-refractivity contribution in [3.8, 4) is 5.88 Å². The highest BCUT2D eigenvalue weighted by Crippen LogP contribution is 2.28. The number of fused-ring (bicyclic) bond motifs is 1. The van der Waals surface area contributed by atoms with Crippen molar-refractivity contribution in [1.29, 1.82) is 0 Å². The molecule has 1 amide bonds. The number of hydrogen-bond donors (Lipinski definition) is 0. The number of carbonyl (C=O) groups is 1. The summed E-state index contributed by atoms with van der Waals surface area (Å²) < 4.78 is 5.93. The number of carbonyl (C=O) groups excluding carboxylic acids is 1. The third-order valence-electron chi connectivity index (χ3n) is 3.05. The van der Waals surface area contributed by atoms with Crippen molar-refractivity contribution in [1.82, 2.24) is 9.88 Å². The number of amides is 1. The molecule has 4 heteroatoms. The van der Waals surface area contributed by atoms with E-state index in [-0.39, 0.29) is 5.91 Å². The smallest absolute Gasteiger partial charge is 0.259 e. The van der Waals surface area contributed by atoms with Gasteiger partial charge in [0.05, 0.1) is 6.54 Å². The summed E-state index contributed by atoms with van der Waals surface area (Å²) in [6.07, 6.45) is 0. The Morgan fingerprint density at radius 3 is 2.74 bits per heavy atom. The van der Waals surface area contributed by atoms with Crippen LogP contribution in [0.1, 0.15) is 43.7 Å². The molecule has 0 bridgehead atoms. The van der Waals surface area contributed by atoms with E-state index >= 15 is 0 Å². The minimum absolute atomic E-state index is 0.0155. The van der Waals surface area contributed by atoms with Crippen molar-refractivity contribution in [3.05, 3.63) is 23.4 Å². The average molecular weight is 262 g/mol. The normalized spacial score (nSPS) is 18.0. The molecule has 2 rings (SSSR count). The number of pyridine rings is 1. The summed E-state index contributed by atoms with van der Waals surface area (Å²) in [6.45, 7) is 11.4. The van der Waals surface area contributed by atoms with E-state index in [9.17, 15) is 4.79 Å². The maximum Gasteiger partial charge on any atom is 0.259 e. The maximum atomic E-state index is 12.6. The summed E-state index contributed by atoms with van der Waals surface area (Å²) in [6, 6.07) is 3.67. The van der Waals surface area contributed by atoms with E-state index < -0.39 is 5.60 Å². The molecule has 19 heavy (non-hydrogen) atoms. The molecule has 0 N–H and O–H groups in total. The van der Waals surface area contributed by atoms with Crippen LogP contribution in [0.15, 0.2) is 12.1 Å². The van der Waals surface area contributed by atoms with E-state index in [2.05, 4.69) is 18.8 Å². The first-order chi connectivity index (χ1) is 8.78. The lowest BCUT2D eigenvalue weighted by Gasteiger charge is -2.30. The standard InChI is InChI=1S/C15H22N2O2/c1-10(2)8-17-9-15(4,5)19-13-12(14(17)18)7-6-11(3)16-13/h6-7,10H,8-9H2,1-5H3. The van der Waals surface area contributed by atoms with Crippen LogP contribution in [0, 0.1) is 12.8 Å². The SMILES string of the molecule is Cc1ccc2c(n1)OC(C)(C)CN(CC(C)C)C2=O. The lowest BCUT2D eigenvalue weighted by Crippen LogP contribution is -2.44. The van der Waals surface area contributed by atoms with Crippen molar-refractivity contribution in [2.24, 2.45) is 5.92 Å². The number of aromatic nitrogens is 1. The van der Waals surface area contributed by atoms with Gasteiger partial charge in [0.1, 0.15) is 11.2 Å². The second kappa shape index (κ2) is 4.83. The minimum Gasteiger partial charge on any atom is -0.469 e. The van der Waals surface area contributed by atoms with Gasteiger partial charge in [-0.3, -0.25) is 4.79 Å². The van der Waals surface area contributed by atoms with E-state index in [0.717, 1.165) is 12.2 Å². The number of ether oxygens (including phenoxy) is 1. The largest absolute Gasteiger partial charge is 0.469 e. The topological polar surface area (TPSA) is 42.4 Å². The minimum atomic E-state index is -0.420. The Bertz CT molecular complexity index is 495. The summed E-state index contributed by atoms with van der Waals surface area (Å²) in [7, 11) is 0. The third-order valence-corrected chi connectivity index (χ3v) is 3.05. The van der Waals surface area contributed by atoms with Crippen LogP contribution in [-0.2, 0) is 0 Å². The monoisotopic (exact) mass is 262 g/mol. The van der Waals surface area contributed by atoms with Gasteiger partial charge in [0.25, 0.3) is 5.91 Å². The number of aryl methyl sites for hydroxylation is 1. The van der Waals surface area contributed by atoms with Gasteiger partial charge in [0, 0.05) is 12.2 Å². The first-order valence-electron chi connectivity index (χ1n) is 6.74. The van der Waals surface area contributed by atoms with E-state index in [0.29, 0.717) is 23.9 Å². The molecule has 4 nitrogen and oxygen atoms in total. The summed E-state index contributed by atoms with van der Waals surface area (Å²) in [5.74, 6) is 0.905. The van der Waals surface area contributed by atoms with Crippen LogP contribution in [0.2, 0.25) is 0 Å². The molecule has 0 radical (unpaired) electrons. The van der Waals surface area contributed by atoms with Crippen molar-refractivity contribution in [2.45, 2.75) is 40.2 Å². The van der Waals surface area contributed by atoms with Crippen molar-refractivity contribution >= 4 is 5.91 Å². The Morgan fingerprint density at radius 2 is 2.11 bits per heavy atom. The lowest BCUT2D eigenvalue weighted by molar-refractivity contribution is 0.0496. The van der Waals surface area contributed by atoms with Gasteiger partial charge in [-0.2, -0.15) is 0 Å². The zero-order valence-electron chi connectivity index (χ0n) is 12.4. The molecule has 104 valence electrons. The third kappa shape index (κ3) is 3.06. The fourth-order valence-corrected chi connectivity index (χ4v) is 2.36. The Balaban J connectivity index is 2.43. The second-order valence-corrected chi connectivity index (χ2v) is 6.25. The molecule has 0 aliphatic carbocycles. The molecule has 1 aliphatic rings. The van der Waals surface area contributed by atoms with Crippen LogP contribution in [-0.4, -0.2) is 34.5 Å². The highest BCUT2D eigenvalue weighted by molar-refractivity contribution is 5.96. The van der Waals surface area contributed by atoms with E-state index in [1.807, 2.05) is 37.8 Å². The number of nitrogens with zero attached hydrogens (tertiary/aromatic N) is 2. The predicted molar refractivity (Wildman–Crippen MR) is 74.4 cm³/mol. The van der Waals surface area contributed by atoms with Crippen LogP contribution >= 0.6 is 0 Å². The molecule has 0 atom stereocenters. The van der Waals surface area contributed by atoms with Crippen LogP contribution < -0.4 is 4.74 Å². The van der Waals surface area contributed by atoms with Crippen LogP contribution in [0.3, 0.4) is 0 Å². The van der Waals surface area contributed by atoms with Crippen molar-refractivity contribution in [3.63, 3.8) is 0 Å².